The molecule has 0 unspecified atom stereocenters. The molecule has 0 aliphatic rings. The number of rotatable bonds is 0. The van der Waals surface area contributed by atoms with Crippen LogP contribution in [0.2, 0.25) is 0 Å². The summed E-state index contributed by atoms with van der Waals surface area (Å²) >= 11 is 0. The molecule has 366 valence electrons. The number of benzene rings is 11. The molecule has 0 aliphatic heterocycles. The molecule has 0 heterocycles. The van der Waals surface area contributed by atoms with Crippen molar-refractivity contribution in [3.8, 4) is 40.2 Å². The van der Waals surface area contributed by atoms with Gasteiger partial charge in [0.15, 0.2) is 0 Å². The highest BCUT2D eigenvalue weighted by Gasteiger charge is 2.01. The first kappa shape index (κ1) is 54.0. The van der Waals surface area contributed by atoms with Gasteiger partial charge in [0.1, 0.15) is 40.2 Å². The lowest BCUT2D eigenvalue weighted by Gasteiger charge is -2.02. The minimum atomic E-state index is 0.325. The number of aryl methyl sites for hydroxylation is 7. The zero-order chi connectivity index (χ0) is 52.2. The number of aromatic hydroxyl groups is 7. The van der Waals surface area contributed by atoms with Gasteiger partial charge in [-0.15, -0.1) is 0 Å². The normalized spacial score (nSPS) is 9.99. The van der Waals surface area contributed by atoms with Gasteiger partial charge in [0.05, 0.1) is 0 Å². The van der Waals surface area contributed by atoms with Crippen molar-refractivity contribution in [2.24, 2.45) is 0 Å². The lowest BCUT2D eigenvalue weighted by molar-refractivity contribution is 0.471. The Morgan fingerprint density at radius 2 is 0.681 bits per heavy atom. The van der Waals surface area contributed by atoms with Gasteiger partial charge in [0, 0.05) is 0 Å². The fourth-order valence-electron chi connectivity index (χ4n) is 7.26. The average molecular weight is 957 g/mol. The van der Waals surface area contributed by atoms with Crippen LogP contribution in [0.15, 0.2) is 218 Å². The van der Waals surface area contributed by atoms with Gasteiger partial charge >= 0.3 is 0 Å². The van der Waals surface area contributed by atoms with Gasteiger partial charge < -0.3 is 35.7 Å². The number of hydrogen-bond donors (Lipinski definition) is 7. The molecule has 0 saturated carbocycles. The van der Waals surface area contributed by atoms with Gasteiger partial charge in [-0.25, -0.2) is 0 Å². The quantitative estimate of drug-likeness (QED) is 0.0802. The number of phenolic OH excluding ortho intramolecular Hbond substituents is 7. The Balaban J connectivity index is 0.000000157. The second-order valence-corrected chi connectivity index (χ2v) is 17.4. The van der Waals surface area contributed by atoms with Gasteiger partial charge in [-0.2, -0.15) is 0 Å². The van der Waals surface area contributed by atoms with E-state index in [4.69, 9.17) is 15.3 Å². The Morgan fingerprint density at radius 3 is 1.31 bits per heavy atom. The summed E-state index contributed by atoms with van der Waals surface area (Å²) in [6, 6.07) is 68.1. The summed E-state index contributed by atoms with van der Waals surface area (Å²) in [5.74, 6) is 2.43. The van der Waals surface area contributed by atoms with Crippen LogP contribution in [0.5, 0.6) is 40.2 Å². The first-order chi connectivity index (χ1) is 34.5. The molecule has 0 aliphatic carbocycles. The highest BCUT2D eigenvalue weighted by molar-refractivity contribution is 5.88. The predicted octanol–water partition coefficient (Wildman–Crippen LogP) is 16.5. The van der Waals surface area contributed by atoms with Crippen molar-refractivity contribution in [3.05, 3.63) is 257 Å². The molecule has 0 amide bonds. The van der Waals surface area contributed by atoms with E-state index in [1.807, 2.05) is 187 Å². The largest absolute Gasteiger partial charge is 0.508 e. The second kappa shape index (κ2) is 26.7. The highest BCUT2D eigenvalue weighted by atomic mass is 16.3. The summed E-state index contributed by atoms with van der Waals surface area (Å²) < 4.78 is 0. The lowest BCUT2D eigenvalue weighted by Crippen LogP contribution is -1.78. The first-order valence-electron chi connectivity index (χ1n) is 23.5. The van der Waals surface area contributed by atoms with Crippen LogP contribution in [0.4, 0.5) is 0 Å². The van der Waals surface area contributed by atoms with E-state index in [0.717, 1.165) is 43.8 Å². The topological polar surface area (TPSA) is 142 Å². The van der Waals surface area contributed by atoms with E-state index in [2.05, 4.69) is 13.0 Å². The summed E-state index contributed by atoms with van der Waals surface area (Å²) in [5, 5.41) is 72.9. The number of hydrogen-bond acceptors (Lipinski definition) is 7. The SMILES string of the molecule is Cc1c(O)ccc2ccccc12.Cc1cc2ccccc2cc1O.Cc1ccc(O)cc1.Cc1ccc2cc(O)ccc2c1.Cc1cccc(O)c1.Cc1cccc2ccc(O)cc12.Cc1ccccc1O. The van der Waals surface area contributed by atoms with Gasteiger partial charge in [0.25, 0.3) is 0 Å². The monoisotopic (exact) mass is 956 g/mol. The molecule has 11 aromatic carbocycles. The fourth-order valence-corrected chi connectivity index (χ4v) is 7.26. The Morgan fingerprint density at radius 1 is 0.222 bits per heavy atom. The van der Waals surface area contributed by atoms with Gasteiger partial charge in [-0.1, -0.05) is 157 Å². The van der Waals surface area contributed by atoms with E-state index >= 15 is 0 Å². The second-order valence-electron chi connectivity index (χ2n) is 17.4. The van der Waals surface area contributed by atoms with Crippen LogP contribution in [-0.4, -0.2) is 35.7 Å². The van der Waals surface area contributed by atoms with Crippen LogP contribution in [0.25, 0.3) is 43.1 Å². The van der Waals surface area contributed by atoms with Crippen LogP contribution in [0.1, 0.15) is 38.9 Å². The van der Waals surface area contributed by atoms with Crippen molar-refractivity contribution in [2.75, 3.05) is 0 Å². The minimum Gasteiger partial charge on any atom is -0.508 e. The number of fused-ring (bicyclic) bond motifs is 4. The molecular formula is C65H64O7. The highest BCUT2D eigenvalue weighted by Crippen LogP contribution is 2.27. The molecule has 0 bridgehead atoms. The number of phenols is 7. The summed E-state index contributed by atoms with van der Waals surface area (Å²) in [6.07, 6.45) is 0. The molecule has 0 fully saturated rings. The molecule has 7 N–H and O–H groups in total. The van der Waals surface area contributed by atoms with E-state index in [1.54, 1.807) is 66.7 Å². The van der Waals surface area contributed by atoms with Crippen LogP contribution in [0, 0.1) is 48.5 Å². The molecule has 72 heavy (non-hydrogen) atoms. The van der Waals surface area contributed by atoms with Crippen molar-refractivity contribution >= 4 is 43.1 Å². The van der Waals surface area contributed by atoms with Crippen LogP contribution in [0.3, 0.4) is 0 Å². The molecule has 0 saturated heterocycles. The van der Waals surface area contributed by atoms with E-state index in [0.29, 0.717) is 40.2 Å². The van der Waals surface area contributed by atoms with Crippen molar-refractivity contribution in [1.29, 1.82) is 0 Å². The molecule has 0 atom stereocenters. The Bertz CT molecular complexity index is 3300. The van der Waals surface area contributed by atoms with Gasteiger partial charge in [0.2, 0.25) is 0 Å². The van der Waals surface area contributed by atoms with E-state index in [9.17, 15) is 20.4 Å². The Kier molecular flexibility index (Phi) is 20.0. The Hall–Kier alpha value is -8.94. The van der Waals surface area contributed by atoms with E-state index in [1.165, 1.54) is 38.2 Å². The van der Waals surface area contributed by atoms with E-state index < -0.39 is 0 Å². The van der Waals surface area contributed by atoms with Crippen molar-refractivity contribution in [1.82, 2.24) is 0 Å². The van der Waals surface area contributed by atoms with Crippen molar-refractivity contribution in [2.45, 2.75) is 48.5 Å². The third-order valence-electron chi connectivity index (χ3n) is 11.4. The molecule has 7 nitrogen and oxygen atoms in total. The van der Waals surface area contributed by atoms with Crippen molar-refractivity contribution in [3.63, 3.8) is 0 Å². The Labute approximate surface area is 423 Å². The van der Waals surface area contributed by atoms with Gasteiger partial charge in [-0.05, 0) is 192 Å². The zero-order valence-corrected chi connectivity index (χ0v) is 41.9. The maximum absolute atomic E-state index is 9.42. The average Bonchev–Trinajstić information content (AvgIpc) is 3.36. The summed E-state index contributed by atoms with van der Waals surface area (Å²) in [5.41, 5.74) is 7.50. The van der Waals surface area contributed by atoms with Crippen LogP contribution < -0.4 is 0 Å². The van der Waals surface area contributed by atoms with Crippen LogP contribution >= 0.6 is 0 Å². The first-order valence-corrected chi connectivity index (χ1v) is 23.5. The summed E-state index contributed by atoms with van der Waals surface area (Å²) in [4.78, 5) is 0. The summed E-state index contributed by atoms with van der Waals surface area (Å²) in [6.45, 7) is 13.7. The smallest absolute Gasteiger partial charge is 0.119 e. The van der Waals surface area contributed by atoms with Crippen molar-refractivity contribution < 1.29 is 35.7 Å². The molecule has 0 radical (unpaired) electrons. The molecule has 7 heteroatoms. The fraction of sp³-hybridized carbons (Fsp3) is 0.108. The van der Waals surface area contributed by atoms with Gasteiger partial charge in [-0.3, -0.25) is 0 Å². The third-order valence-corrected chi connectivity index (χ3v) is 11.4. The molecule has 0 aromatic heterocycles. The third kappa shape index (κ3) is 16.9. The zero-order valence-electron chi connectivity index (χ0n) is 41.9. The number of para-hydroxylation sites is 1. The molecular weight excluding hydrogens is 893 g/mol. The maximum atomic E-state index is 9.42. The predicted molar refractivity (Wildman–Crippen MR) is 300 cm³/mol. The molecule has 0 spiro atoms. The summed E-state index contributed by atoms with van der Waals surface area (Å²) in [7, 11) is 0. The standard InChI is InChI=1S/4C11H10O.3C7H8O/c1-8-2-3-10-7-11(12)5-4-9(10)6-8;1-8-3-2-4-9-5-6-10(12)7-11(8)9;1-8-6-9-4-2-3-5-10(9)7-11(8)12;1-8-10-5-3-2-4-9(10)6-7-11(8)12;1-6-2-4-7(8)5-3-6;1-6-3-2-4-7(8)5-6;1-6-4-2-3-5-7(6)8/h4*2-7,12H,1H3;3*2-5,8H,1H3. The maximum Gasteiger partial charge on any atom is 0.119 e. The molecule has 11 rings (SSSR count). The lowest BCUT2D eigenvalue weighted by atomic mass is 10.1. The van der Waals surface area contributed by atoms with Crippen LogP contribution in [-0.2, 0) is 0 Å². The van der Waals surface area contributed by atoms with E-state index in [-0.39, 0.29) is 0 Å². The minimum absolute atomic E-state index is 0.325. The molecule has 11 aromatic rings.